The highest BCUT2D eigenvalue weighted by atomic mass is 16.1. The molecule has 0 saturated heterocycles. The van der Waals surface area contributed by atoms with E-state index in [0.717, 1.165) is 35.6 Å². The fourth-order valence-electron chi connectivity index (χ4n) is 2.39. The Hall–Kier alpha value is -1.84. The zero-order valence-corrected chi connectivity index (χ0v) is 11.2. The molecule has 0 bridgehead atoms. The largest absolute Gasteiger partial charge is 0.356 e. The maximum absolute atomic E-state index is 11.9. The molecule has 1 aliphatic carbocycles. The van der Waals surface area contributed by atoms with Crippen LogP contribution in [0, 0.1) is 5.92 Å². The van der Waals surface area contributed by atoms with Crippen molar-refractivity contribution in [3.63, 3.8) is 0 Å². The molecule has 19 heavy (non-hydrogen) atoms. The van der Waals surface area contributed by atoms with E-state index in [9.17, 15) is 4.79 Å². The Labute approximate surface area is 112 Å². The number of nitrogens with zero attached hydrogens (tertiary/aromatic N) is 2. The average Bonchev–Trinajstić information content (AvgIpc) is 3.20. The molecule has 1 fully saturated rings. The van der Waals surface area contributed by atoms with Gasteiger partial charge in [-0.25, -0.2) is 4.98 Å². The van der Waals surface area contributed by atoms with Crippen LogP contribution in [0.25, 0.3) is 11.0 Å². The summed E-state index contributed by atoms with van der Waals surface area (Å²) in [5, 5.41) is 4.11. The first-order valence-corrected chi connectivity index (χ1v) is 6.97. The molecule has 3 rings (SSSR count). The van der Waals surface area contributed by atoms with Gasteiger partial charge < -0.3 is 9.88 Å². The molecular formula is C15H19N3O. The van der Waals surface area contributed by atoms with Gasteiger partial charge in [-0.3, -0.25) is 4.79 Å². The number of fused-ring (bicyclic) bond motifs is 1. The summed E-state index contributed by atoms with van der Waals surface area (Å²) in [5.41, 5.74) is 2.04. The van der Waals surface area contributed by atoms with E-state index in [2.05, 4.69) is 21.8 Å². The molecule has 4 heteroatoms. The number of hydrogen-bond donors (Lipinski definition) is 1. The Bertz CT molecular complexity index is 598. The zero-order chi connectivity index (χ0) is 13.2. The second kappa shape index (κ2) is 5.03. The summed E-state index contributed by atoms with van der Waals surface area (Å²) < 4.78 is 2.10. The van der Waals surface area contributed by atoms with E-state index in [4.69, 9.17) is 0 Å². The van der Waals surface area contributed by atoms with Crippen LogP contribution in [0.15, 0.2) is 24.5 Å². The van der Waals surface area contributed by atoms with Gasteiger partial charge in [-0.1, -0.05) is 0 Å². The molecule has 1 aliphatic rings. The number of pyridine rings is 1. The number of nitrogens with one attached hydrogen (secondary N) is 1. The predicted molar refractivity (Wildman–Crippen MR) is 74.8 cm³/mol. The quantitative estimate of drug-likeness (QED) is 0.892. The minimum absolute atomic E-state index is 0.117. The van der Waals surface area contributed by atoms with E-state index in [1.54, 1.807) is 6.20 Å². The van der Waals surface area contributed by atoms with E-state index in [1.165, 1.54) is 12.8 Å². The number of carbonyl (C=O) groups excluding carboxylic acids is 1. The molecule has 100 valence electrons. The minimum atomic E-state index is 0.117. The lowest BCUT2D eigenvalue weighted by Crippen LogP contribution is -2.27. The molecule has 0 aliphatic heterocycles. The van der Waals surface area contributed by atoms with Crippen LogP contribution in [-0.4, -0.2) is 22.0 Å². The van der Waals surface area contributed by atoms with Crippen LogP contribution in [0.4, 0.5) is 0 Å². The lowest BCUT2D eigenvalue weighted by molar-refractivity contribution is -0.120. The van der Waals surface area contributed by atoms with E-state index in [0.29, 0.717) is 6.42 Å². The number of aryl methyl sites for hydroxylation is 1. The number of amides is 1. The summed E-state index contributed by atoms with van der Waals surface area (Å²) in [6, 6.07) is 3.96. The highest BCUT2D eigenvalue weighted by Gasteiger charge is 2.21. The van der Waals surface area contributed by atoms with Crippen molar-refractivity contribution in [1.29, 1.82) is 0 Å². The topological polar surface area (TPSA) is 46.9 Å². The van der Waals surface area contributed by atoms with Gasteiger partial charge in [-0.05, 0) is 43.4 Å². The molecule has 0 radical (unpaired) electrons. The number of hydrogen-bond acceptors (Lipinski definition) is 2. The van der Waals surface area contributed by atoms with E-state index >= 15 is 0 Å². The van der Waals surface area contributed by atoms with Gasteiger partial charge in [0.15, 0.2) is 0 Å². The van der Waals surface area contributed by atoms with Crippen molar-refractivity contribution in [3.8, 4) is 0 Å². The Morgan fingerprint density at radius 2 is 2.37 bits per heavy atom. The molecule has 4 nitrogen and oxygen atoms in total. The third kappa shape index (κ3) is 2.62. The Morgan fingerprint density at radius 1 is 1.53 bits per heavy atom. The smallest absolute Gasteiger partial charge is 0.224 e. The molecule has 0 unspecified atom stereocenters. The molecule has 2 aromatic heterocycles. The summed E-state index contributed by atoms with van der Waals surface area (Å²) in [5.74, 6) is 0.841. The Morgan fingerprint density at radius 3 is 3.11 bits per heavy atom. The summed E-state index contributed by atoms with van der Waals surface area (Å²) in [6.45, 7) is 3.80. The Balaban J connectivity index is 1.77. The maximum Gasteiger partial charge on any atom is 0.224 e. The Kier molecular flexibility index (Phi) is 3.23. The van der Waals surface area contributed by atoms with E-state index in [-0.39, 0.29) is 5.91 Å². The van der Waals surface area contributed by atoms with E-state index < -0.39 is 0 Å². The van der Waals surface area contributed by atoms with Crippen molar-refractivity contribution >= 4 is 16.9 Å². The fourth-order valence-corrected chi connectivity index (χ4v) is 2.39. The van der Waals surface area contributed by atoms with Crippen LogP contribution in [0.2, 0.25) is 0 Å². The lowest BCUT2D eigenvalue weighted by Gasteiger charge is -2.02. The van der Waals surface area contributed by atoms with E-state index in [1.807, 2.05) is 18.3 Å². The maximum atomic E-state index is 11.9. The fraction of sp³-hybridized carbons (Fsp3) is 0.467. The van der Waals surface area contributed by atoms with Crippen molar-refractivity contribution < 1.29 is 4.79 Å². The molecule has 2 aromatic rings. The molecule has 1 N–H and O–H groups in total. The highest BCUT2D eigenvalue weighted by Crippen LogP contribution is 2.27. The van der Waals surface area contributed by atoms with Gasteiger partial charge in [-0.2, -0.15) is 0 Å². The number of aromatic nitrogens is 2. The van der Waals surface area contributed by atoms with Gasteiger partial charge in [0, 0.05) is 30.9 Å². The van der Waals surface area contributed by atoms with Crippen LogP contribution in [-0.2, 0) is 17.8 Å². The molecule has 1 saturated carbocycles. The number of carbonyl (C=O) groups is 1. The summed E-state index contributed by atoms with van der Waals surface area (Å²) in [6.07, 6.45) is 6.82. The molecule has 2 heterocycles. The summed E-state index contributed by atoms with van der Waals surface area (Å²) in [4.78, 5) is 16.3. The normalized spacial score (nSPS) is 14.8. The van der Waals surface area contributed by atoms with Gasteiger partial charge in [0.25, 0.3) is 0 Å². The van der Waals surface area contributed by atoms with Crippen molar-refractivity contribution in [1.82, 2.24) is 14.9 Å². The average molecular weight is 257 g/mol. The molecule has 1 amide bonds. The van der Waals surface area contributed by atoms with Crippen LogP contribution in [0.3, 0.4) is 0 Å². The lowest BCUT2D eigenvalue weighted by atomic mass is 10.1. The standard InChI is InChI=1S/C15H19N3O/c1-2-18-10-12(13-4-3-7-16-15(13)18)8-14(19)17-9-11-5-6-11/h3-4,7,10-11H,2,5-6,8-9H2,1H3,(H,17,19). The van der Waals surface area contributed by atoms with Crippen LogP contribution in [0.1, 0.15) is 25.3 Å². The second-order valence-electron chi connectivity index (χ2n) is 5.24. The minimum Gasteiger partial charge on any atom is -0.356 e. The van der Waals surface area contributed by atoms with Crippen molar-refractivity contribution in [2.45, 2.75) is 32.7 Å². The molecule has 0 atom stereocenters. The third-order valence-corrected chi connectivity index (χ3v) is 3.69. The molecule has 0 aromatic carbocycles. The molecular weight excluding hydrogens is 238 g/mol. The first kappa shape index (κ1) is 12.2. The van der Waals surface area contributed by atoms with Crippen molar-refractivity contribution in [2.75, 3.05) is 6.54 Å². The predicted octanol–water partition coefficient (Wildman–Crippen LogP) is 2.12. The third-order valence-electron chi connectivity index (χ3n) is 3.69. The van der Waals surface area contributed by atoms with Crippen LogP contribution >= 0.6 is 0 Å². The van der Waals surface area contributed by atoms with Gasteiger partial charge in [0.2, 0.25) is 5.91 Å². The van der Waals surface area contributed by atoms with Crippen molar-refractivity contribution in [3.05, 3.63) is 30.1 Å². The van der Waals surface area contributed by atoms with Gasteiger partial charge in [-0.15, -0.1) is 0 Å². The summed E-state index contributed by atoms with van der Waals surface area (Å²) >= 11 is 0. The second-order valence-corrected chi connectivity index (χ2v) is 5.24. The zero-order valence-electron chi connectivity index (χ0n) is 11.2. The first-order chi connectivity index (χ1) is 9.28. The van der Waals surface area contributed by atoms with Gasteiger partial charge in [0.1, 0.15) is 5.65 Å². The van der Waals surface area contributed by atoms with Gasteiger partial charge in [0.05, 0.1) is 6.42 Å². The molecule has 0 spiro atoms. The number of rotatable bonds is 5. The van der Waals surface area contributed by atoms with Crippen molar-refractivity contribution in [2.24, 2.45) is 5.92 Å². The van der Waals surface area contributed by atoms with Crippen LogP contribution in [0.5, 0.6) is 0 Å². The summed E-state index contributed by atoms with van der Waals surface area (Å²) in [7, 11) is 0. The van der Waals surface area contributed by atoms with Crippen LogP contribution < -0.4 is 5.32 Å². The SMILES string of the molecule is CCn1cc(CC(=O)NCC2CC2)c2cccnc21. The first-order valence-electron chi connectivity index (χ1n) is 6.97. The van der Waals surface area contributed by atoms with Gasteiger partial charge >= 0.3 is 0 Å². The highest BCUT2D eigenvalue weighted by molar-refractivity contribution is 5.87. The monoisotopic (exact) mass is 257 g/mol.